The predicted octanol–water partition coefficient (Wildman–Crippen LogP) is 3.92. The molecule has 25 heavy (non-hydrogen) atoms. The number of aryl methyl sites for hydroxylation is 4. The average molecular weight is 356 g/mol. The summed E-state index contributed by atoms with van der Waals surface area (Å²) in [6, 6.07) is 4.08. The highest BCUT2D eigenvalue weighted by atomic mass is 32.1. The molecule has 0 fully saturated rings. The van der Waals surface area contributed by atoms with Crippen molar-refractivity contribution in [2.75, 3.05) is 11.9 Å². The van der Waals surface area contributed by atoms with Gasteiger partial charge in [0.2, 0.25) is 5.91 Å². The molecule has 1 aromatic carbocycles. The van der Waals surface area contributed by atoms with E-state index in [0.717, 1.165) is 41.6 Å². The van der Waals surface area contributed by atoms with Crippen LogP contribution in [0.4, 0.5) is 5.69 Å². The van der Waals surface area contributed by atoms with Crippen LogP contribution in [0.25, 0.3) is 0 Å². The van der Waals surface area contributed by atoms with E-state index in [-0.39, 0.29) is 18.4 Å². The number of thiophene rings is 1. The van der Waals surface area contributed by atoms with Gasteiger partial charge in [-0.05, 0) is 63.1 Å². The molecule has 2 aromatic rings. The molecule has 132 valence electrons. The summed E-state index contributed by atoms with van der Waals surface area (Å²) >= 11 is 1.66. The summed E-state index contributed by atoms with van der Waals surface area (Å²) in [5.74, 6) is -0.348. The molecular weight excluding hydrogens is 332 g/mol. The van der Waals surface area contributed by atoms with Crippen LogP contribution in [-0.4, -0.2) is 18.4 Å². The molecule has 0 saturated carbocycles. The summed E-state index contributed by atoms with van der Waals surface area (Å²) in [5, 5.41) is 7.61. The molecule has 3 rings (SSSR count). The number of fused-ring (bicyclic) bond motifs is 1. The van der Waals surface area contributed by atoms with Gasteiger partial charge in [-0.1, -0.05) is 17.7 Å². The zero-order valence-electron chi connectivity index (χ0n) is 15.0. The van der Waals surface area contributed by atoms with Crippen molar-refractivity contribution in [3.63, 3.8) is 0 Å². The monoisotopic (exact) mass is 356 g/mol. The van der Waals surface area contributed by atoms with E-state index < -0.39 is 0 Å². The number of carbonyl (C=O) groups excluding carboxylic acids is 2. The van der Waals surface area contributed by atoms with Crippen LogP contribution in [0.15, 0.2) is 17.5 Å². The number of nitrogens with one attached hydrogen (secondary N) is 2. The van der Waals surface area contributed by atoms with E-state index in [2.05, 4.69) is 10.6 Å². The fourth-order valence-corrected chi connectivity index (χ4v) is 4.63. The highest BCUT2D eigenvalue weighted by molar-refractivity contribution is 7.10. The molecule has 2 N–H and O–H groups in total. The second kappa shape index (κ2) is 7.40. The molecular formula is C20H24N2O2S. The summed E-state index contributed by atoms with van der Waals surface area (Å²) < 4.78 is 0. The van der Waals surface area contributed by atoms with E-state index >= 15 is 0 Å². The van der Waals surface area contributed by atoms with E-state index in [4.69, 9.17) is 0 Å². The fraction of sp³-hybridized carbons (Fsp3) is 0.400. The lowest BCUT2D eigenvalue weighted by Gasteiger charge is -2.14. The maximum absolute atomic E-state index is 12.4. The Balaban J connectivity index is 1.61. The zero-order valence-corrected chi connectivity index (χ0v) is 15.8. The Hall–Kier alpha value is -2.14. The van der Waals surface area contributed by atoms with Gasteiger partial charge in [-0.15, -0.1) is 11.3 Å². The molecule has 0 aliphatic heterocycles. The second-order valence-corrected chi connectivity index (χ2v) is 7.73. The molecule has 2 amide bonds. The van der Waals surface area contributed by atoms with Crippen LogP contribution in [0.3, 0.4) is 0 Å². The predicted molar refractivity (Wildman–Crippen MR) is 103 cm³/mol. The maximum atomic E-state index is 12.4. The van der Waals surface area contributed by atoms with Crippen LogP contribution < -0.4 is 10.6 Å². The number of rotatable bonds is 4. The Kier molecular flexibility index (Phi) is 5.23. The lowest BCUT2D eigenvalue weighted by atomic mass is 9.96. The highest BCUT2D eigenvalue weighted by Gasteiger charge is 2.20. The molecule has 1 aromatic heterocycles. The minimum absolute atomic E-state index is 0.0176. The molecule has 1 heterocycles. The smallest absolute Gasteiger partial charge is 0.252 e. The molecule has 0 saturated heterocycles. The van der Waals surface area contributed by atoms with Crippen molar-refractivity contribution in [3.05, 3.63) is 50.2 Å². The van der Waals surface area contributed by atoms with Crippen molar-refractivity contribution in [2.45, 2.75) is 46.5 Å². The highest BCUT2D eigenvalue weighted by Crippen LogP contribution is 2.30. The van der Waals surface area contributed by atoms with Gasteiger partial charge in [-0.3, -0.25) is 9.59 Å². The van der Waals surface area contributed by atoms with Gasteiger partial charge in [0, 0.05) is 15.9 Å². The van der Waals surface area contributed by atoms with Crippen molar-refractivity contribution < 1.29 is 9.59 Å². The normalized spacial score (nSPS) is 13.2. The maximum Gasteiger partial charge on any atom is 0.252 e. The van der Waals surface area contributed by atoms with Gasteiger partial charge in [-0.2, -0.15) is 0 Å². The van der Waals surface area contributed by atoms with Crippen LogP contribution in [0.2, 0.25) is 0 Å². The number of amides is 2. The Bertz CT molecular complexity index is 800. The number of hydrogen-bond acceptors (Lipinski definition) is 3. The standard InChI is InChI=1S/C20H24N2O2S/c1-12-8-13(2)19(14(3)9-12)22-18(23)10-21-20(24)16-11-25-17-7-5-4-6-15(16)17/h8-9,11H,4-7,10H2,1-3H3,(H,21,24)(H,22,23). The first kappa shape index (κ1) is 17.7. The van der Waals surface area contributed by atoms with Gasteiger partial charge >= 0.3 is 0 Å². The first-order chi connectivity index (χ1) is 12.0. The topological polar surface area (TPSA) is 58.2 Å². The van der Waals surface area contributed by atoms with Gasteiger partial charge in [0.1, 0.15) is 0 Å². The zero-order chi connectivity index (χ0) is 18.0. The van der Waals surface area contributed by atoms with E-state index in [1.165, 1.54) is 22.4 Å². The van der Waals surface area contributed by atoms with Crippen LogP contribution in [0.1, 0.15) is 50.3 Å². The van der Waals surface area contributed by atoms with E-state index in [9.17, 15) is 9.59 Å². The minimum atomic E-state index is -0.201. The van der Waals surface area contributed by atoms with E-state index in [1.807, 2.05) is 38.3 Å². The summed E-state index contributed by atoms with van der Waals surface area (Å²) in [6.45, 7) is 5.97. The lowest BCUT2D eigenvalue weighted by molar-refractivity contribution is -0.115. The summed E-state index contributed by atoms with van der Waals surface area (Å²) in [5.41, 5.74) is 5.99. The third kappa shape index (κ3) is 3.93. The summed E-state index contributed by atoms with van der Waals surface area (Å²) in [6.07, 6.45) is 4.37. The molecule has 0 radical (unpaired) electrons. The second-order valence-electron chi connectivity index (χ2n) is 6.76. The SMILES string of the molecule is Cc1cc(C)c(NC(=O)CNC(=O)c2csc3c2CCCC3)c(C)c1. The van der Waals surface area contributed by atoms with Gasteiger partial charge in [0.05, 0.1) is 12.1 Å². The van der Waals surface area contributed by atoms with Gasteiger partial charge < -0.3 is 10.6 Å². The van der Waals surface area contributed by atoms with Crippen molar-refractivity contribution in [2.24, 2.45) is 0 Å². The van der Waals surface area contributed by atoms with E-state index in [0.29, 0.717) is 0 Å². The molecule has 0 bridgehead atoms. The van der Waals surface area contributed by atoms with Crippen LogP contribution >= 0.6 is 11.3 Å². The Labute approximate surface area is 152 Å². The number of hydrogen-bond donors (Lipinski definition) is 2. The van der Waals surface area contributed by atoms with Crippen molar-refractivity contribution in [1.82, 2.24) is 5.32 Å². The van der Waals surface area contributed by atoms with Crippen LogP contribution in [0, 0.1) is 20.8 Å². The summed E-state index contributed by atoms with van der Waals surface area (Å²) in [4.78, 5) is 26.0. The Morgan fingerprint density at radius 1 is 1.08 bits per heavy atom. The van der Waals surface area contributed by atoms with Gasteiger partial charge in [0.15, 0.2) is 0 Å². The van der Waals surface area contributed by atoms with E-state index in [1.54, 1.807) is 11.3 Å². The van der Waals surface area contributed by atoms with Gasteiger partial charge in [-0.25, -0.2) is 0 Å². The summed E-state index contributed by atoms with van der Waals surface area (Å²) in [7, 11) is 0. The fourth-order valence-electron chi connectivity index (χ4n) is 3.50. The molecule has 0 spiro atoms. The largest absolute Gasteiger partial charge is 0.343 e. The number of carbonyl (C=O) groups is 2. The van der Waals surface area contributed by atoms with Crippen LogP contribution in [0.5, 0.6) is 0 Å². The average Bonchev–Trinajstić information content (AvgIpc) is 3.00. The quantitative estimate of drug-likeness (QED) is 0.872. The minimum Gasteiger partial charge on any atom is -0.343 e. The van der Waals surface area contributed by atoms with Crippen molar-refractivity contribution in [3.8, 4) is 0 Å². The number of benzene rings is 1. The lowest BCUT2D eigenvalue weighted by Crippen LogP contribution is -2.33. The van der Waals surface area contributed by atoms with Crippen LogP contribution in [-0.2, 0) is 17.6 Å². The van der Waals surface area contributed by atoms with Gasteiger partial charge in [0.25, 0.3) is 5.91 Å². The third-order valence-corrected chi connectivity index (χ3v) is 5.75. The third-order valence-electron chi connectivity index (χ3n) is 4.66. The molecule has 1 aliphatic rings. The Morgan fingerprint density at radius 3 is 2.48 bits per heavy atom. The van der Waals surface area contributed by atoms with Crippen molar-refractivity contribution in [1.29, 1.82) is 0 Å². The van der Waals surface area contributed by atoms with Crippen molar-refractivity contribution >= 4 is 28.8 Å². The molecule has 4 nitrogen and oxygen atoms in total. The Morgan fingerprint density at radius 2 is 1.76 bits per heavy atom. The molecule has 0 unspecified atom stereocenters. The molecule has 0 atom stereocenters. The number of anilines is 1. The first-order valence-corrected chi connectivity index (χ1v) is 9.59. The molecule has 5 heteroatoms. The molecule has 1 aliphatic carbocycles. The first-order valence-electron chi connectivity index (χ1n) is 8.71.